The molecule has 0 aromatic carbocycles. The highest BCUT2D eigenvalue weighted by molar-refractivity contribution is 5.92. The third-order valence-electron chi connectivity index (χ3n) is 3.74. The standard InChI is InChI=1S/C16H32N4O4/c1-9(2)7-12(8-18)15(23)20-14(11(4)22)16(24)19-13(5-6-17)10(3)21/h9,11-14,22H,5-8,17-18H2,1-4H3,(H,19,24)(H,20,23)/t11?,12?,13-,14-/m0/s1. The predicted octanol–water partition coefficient (Wildman–Crippen LogP) is -1.10. The maximum absolute atomic E-state index is 12.3. The minimum Gasteiger partial charge on any atom is -0.391 e. The van der Waals surface area contributed by atoms with E-state index in [2.05, 4.69) is 10.6 Å². The summed E-state index contributed by atoms with van der Waals surface area (Å²) in [5.74, 6) is -1.40. The second-order valence-electron chi connectivity index (χ2n) is 6.54. The number of aliphatic hydroxyl groups excluding tert-OH is 1. The van der Waals surface area contributed by atoms with Crippen molar-refractivity contribution in [2.75, 3.05) is 13.1 Å². The van der Waals surface area contributed by atoms with Crippen molar-refractivity contribution in [1.29, 1.82) is 0 Å². The van der Waals surface area contributed by atoms with Crippen molar-refractivity contribution < 1.29 is 19.5 Å². The van der Waals surface area contributed by atoms with Crippen LogP contribution in [-0.2, 0) is 14.4 Å². The van der Waals surface area contributed by atoms with Gasteiger partial charge in [0.25, 0.3) is 0 Å². The number of nitrogens with two attached hydrogens (primary N) is 2. The van der Waals surface area contributed by atoms with Gasteiger partial charge in [0.05, 0.1) is 18.1 Å². The molecule has 0 bridgehead atoms. The van der Waals surface area contributed by atoms with Crippen molar-refractivity contribution in [3.05, 3.63) is 0 Å². The number of ketones is 1. The van der Waals surface area contributed by atoms with Crippen LogP contribution in [0.2, 0.25) is 0 Å². The number of amides is 2. The van der Waals surface area contributed by atoms with Gasteiger partial charge in [-0.25, -0.2) is 0 Å². The van der Waals surface area contributed by atoms with Gasteiger partial charge in [-0.1, -0.05) is 13.8 Å². The molecule has 0 saturated heterocycles. The smallest absolute Gasteiger partial charge is 0.245 e. The summed E-state index contributed by atoms with van der Waals surface area (Å²) in [5, 5.41) is 14.9. The molecule has 0 aliphatic rings. The van der Waals surface area contributed by atoms with Gasteiger partial charge < -0.3 is 27.2 Å². The third kappa shape index (κ3) is 7.85. The first-order valence-corrected chi connectivity index (χ1v) is 8.33. The minimum atomic E-state index is -1.15. The molecule has 0 radical (unpaired) electrons. The Morgan fingerprint density at radius 3 is 2.00 bits per heavy atom. The number of Topliss-reactive ketones (excluding diaryl/α,β-unsaturated/α-hetero) is 1. The van der Waals surface area contributed by atoms with Crippen LogP contribution in [0.1, 0.15) is 40.5 Å². The molecule has 4 atom stereocenters. The summed E-state index contributed by atoms with van der Waals surface area (Å²) in [6.45, 7) is 7.08. The van der Waals surface area contributed by atoms with Gasteiger partial charge >= 0.3 is 0 Å². The van der Waals surface area contributed by atoms with E-state index in [0.29, 0.717) is 12.8 Å². The number of hydrogen-bond donors (Lipinski definition) is 5. The van der Waals surface area contributed by atoms with Crippen LogP contribution in [0, 0.1) is 11.8 Å². The van der Waals surface area contributed by atoms with E-state index >= 15 is 0 Å². The Labute approximate surface area is 143 Å². The Hall–Kier alpha value is -1.51. The van der Waals surface area contributed by atoms with Crippen LogP contribution in [0.3, 0.4) is 0 Å². The summed E-state index contributed by atoms with van der Waals surface area (Å²) in [6.07, 6.45) is -0.239. The van der Waals surface area contributed by atoms with Crippen molar-refractivity contribution in [1.82, 2.24) is 10.6 Å². The summed E-state index contributed by atoms with van der Waals surface area (Å²) < 4.78 is 0. The zero-order valence-electron chi connectivity index (χ0n) is 15.0. The maximum Gasteiger partial charge on any atom is 0.245 e. The normalized spacial score (nSPS) is 16.2. The van der Waals surface area contributed by atoms with E-state index in [9.17, 15) is 19.5 Å². The Morgan fingerprint density at radius 1 is 1.04 bits per heavy atom. The summed E-state index contributed by atoms with van der Waals surface area (Å²) in [7, 11) is 0. The van der Waals surface area contributed by atoms with Gasteiger partial charge in [0.2, 0.25) is 11.8 Å². The molecular formula is C16H32N4O4. The molecule has 7 N–H and O–H groups in total. The topological polar surface area (TPSA) is 148 Å². The number of carbonyl (C=O) groups excluding carboxylic acids is 3. The van der Waals surface area contributed by atoms with Crippen LogP contribution >= 0.6 is 0 Å². The van der Waals surface area contributed by atoms with E-state index < -0.39 is 30.0 Å². The van der Waals surface area contributed by atoms with Crippen molar-refractivity contribution in [3.63, 3.8) is 0 Å². The van der Waals surface area contributed by atoms with Gasteiger partial charge in [0.15, 0.2) is 5.78 Å². The van der Waals surface area contributed by atoms with E-state index in [1.165, 1.54) is 13.8 Å². The van der Waals surface area contributed by atoms with Crippen LogP contribution in [-0.4, -0.2) is 54.0 Å². The number of aliphatic hydroxyl groups is 1. The fraction of sp³-hybridized carbons (Fsp3) is 0.812. The minimum absolute atomic E-state index is 0.154. The summed E-state index contributed by atoms with van der Waals surface area (Å²) in [4.78, 5) is 36.2. The lowest BCUT2D eigenvalue weighted by molar-refractivity contribution is -0.135. The van der Waals surface area contributed by atoms with Crippen molar-refractivity contribution in [3.8, 4) is 0 Å². The van der Waals surface area contributed by atoms with E-state index in [1.54, 1.807) is 0 Å². The Morgan fingerprint density at radius 2 is 1.62 bits per heavy atom. The van der Waals surface area contributed by atoms with E-state index in [-0.39, 0.29) is 30.7 Å². The van der Waals surface area contributed by atoms with Crippen LogP contribution in [0.5, 0.6) is 0 Å². The van der Waals surface area contributed by atoms with Gasteiger partial charge in [-0.2, -0.15) is 0 Å². The van der Waals surface area contributed by atoms with Crippen molar-refractivity contribution >= 4 is 17.6 Å². The summed E-state index contributed by atoms with van der Waals surface area (Å²) in [5.41, 5.74) is 11.1. The summed E-state index contributed by atoms with van der Waals surface area (Å²) in [6, 6.07) is -1.89. The number of carbonyl (C=O) groups is 3. The quantitative estimate of drug-likeness (QED) is 0.321. The number of nitrogens with one attached hydrogen (secondary N) is 2. The summed E-state index contributed by atoms with van der Waals surface area (Å²) >= 11 is 0. The lowest BCUT2D eigenvalue weighted by atomic mass is 9.95. The lowest BCUT2D eigenvalue weighted by Crippen LogP contribution is -2.57. The zero-order valence-corrected chi connectivity index (χ0v) is 15.0. The first-order chi connectivity index (χ1) is 11.1. The largest absolute Gasteiger partial charge is 0.391 e. The molecular weight excluding hydrogens is 312 g/mol. The van der Waals surface area contributed by atoms with E-state index in [0.717, 1.165) is 0 Å². The molecule has 0 aromatic heterocycles. The van der Waals surface area contributed by atoms with Crippen LogP contribution < -0.4 is 22.1 Å². The molecule has 2 amide bonds. The molecule has 0 aliphatic carbocycles. The first kappa shape index (κ1) is 22.5. The highest BCUT2D eigenvalue weighted by Gasteiger charge is 2.30. The highest BCUT2D eigenvalue weighted by atomic mass is 16.3. The molecule has 8 heteroatoms. The lowest BCUT2D eigenvalue weighted by Gasteiger charge is -2.26. The average Bonchev–Trinajstić information content (AvgIpc) is 2.48. The van der Waals surface area contributed by atoms with Crippen LogP contribution in [0.25, 0.3) is 0 Å². The second-order valence-corrected chi connectivity index (χ2v) is 6.54. The molecule has 2 unspecified atom stereocenters. The molecule has 0 aromatic rings. The molecule has 0 saturated carbocycles. The highest BCUT2D eigenvalue weighted by Crippen LogP contribution is 2.11. The SMILES string of the molecule is CC(=O)[C@H](CCN)NC(=O)[C@@H](NC(=O)C(CN)CC(C)C)C(C)O. The number of hydrogen-bond acceptors (Lipinski definition) is 6. The predicted molar refractivity (Wildman–Crippen MR) is 91.9 cm³/mol. The van der Waals surface area contributed by atoms with Crippen molar-refractivity contribution in [2.24, 2.45) is 23.3 Å². The second kappa shape index (κ2) is 11.1. The third-order valence-corrected chi connectivity index (χ3v) is 3.74. The van der Waals surface area contributed by atoms with Crippen LogP contribution in [0.4, 0.5) is 0 Å². The monoisotopic (exact) mass is 344 g/mol. The number of rotatable bonds is 11. The Bertz CT molecular complexity index is 426. The molecule has 0 fully saturated rings. The van der Waals surface area contributed by atoms with Gasteiger partial charge in [-0.15, -0.1) is 0 Å². The van der Waals surface area contributed by atoms with E-state index in [4.69, 9.17) is 11.5 Å². The zero-order chi connectivity index (χ0) is 18.9. The van der Waals surface area contributed by atoms with Gasteiger partial charge in [0, 0.05) is 6.54 Å². The van der Waals surface area contributed by atoms with E-state index in [1.807, 2.05) is 13.8 Å². The maximum atomic E-state index is 12.3. The molecule has 0 heterocycles. The molecule has 140 valence electrons. The molecule has 0 aliphatic heterocycles. The van der Waals surface area contributed by atoms with Gasteiger partial charge in [-0.3, -0.25) is 14.4 Å². The molecule has 0 rings (SSSR count). The Balaban J connectivity index is 4.98. The average molecular weight is 344 g/mol. The van der Waals surface area contributed by atoms with Crippen molar-refractivity contribution in [2.45, 2.75) is 58.7 Å². The molecule has 0 spiro atoms. The first-order valence-electron chi connectivity index (χ1n) is 8.33. The fourth-order valence-electron chi connectivity index (χ4n) is 2.36. The van der Waals surface area contributed by atoms with Gasteiger partial charge in [-0.05, 0) is 39.2 Å². The Kier molecular flexibility index (Phi) is 10.4. The fourth-order valence-corrected chi connectivity index (χ4v) is 2.36. The molecule has 24 heavy (non-hydrogen) atoms. The van der Waals surface area contributed by atoms with Gasteiger partial charge in [0.1, 0.15) is 6.04 Å². The molecule has 8 nitrogen and oxygen atoms in total. The van der Waals surface area contributed by atoms with Crippen LogP contribution in [0.15, 0.2) is 0 Å².